The second kappa shape index (κ2) is 4.33. The first-order valence-electron chi connectivity index (χ1n) is 5.63. The molecule has 88 valence electrons. The fourth-order valence-electron chi connectivity index (χ4n) is 1.79. The van der Waals surface area contributed by atoms with Gasteiger partial charge in [-0.05, 0) is 30.3 Å². The van der Waals surface area contributed by atoms with Gasteiger partial charge < -0.3 is 5.32 Å². The third-order valence-electron chi connectivity index (χ3n) is 2.69. The molecule has 1 amide bonds. The van der Waals surface area contributed by atoms with E-state index in [2.05, 4.69) is 10.4 Å². The van der Waals surface area contributed by atoms with Crippen molar-refractivity contribution in [3.8, 4) is 0 Å². The Morgan fingerprint density at radius 1 is 1.11 bits per heavy atom. The average Bonchev–Trinajstić information content (AvgIpc) is 2.87. The minimum Gasteiger partial charge on any atom is -0.322 e. The molecule has 4 heteroatoms. The fraction of sp³-hybridized carbons (Fsp3) is 0. The van der Waals surface area contributed by atoms with Crippen molar-refractivity contribution >= 4 is 17.1 Å². The third kappa shape index (κ3) is 1.96. The summed E-state index contributed by atoms with van der Waals surface area (Å²) >= 11 is 0. The lowest BCUT2D eigenvalue weighted by Crippen LogP contribution is -2.11. The average molecular weight is 237 g/mol. The van der Waals surface area contributed by atoms with E-state index in [1.807, 2.05) is 42.6 Å². The van der Waals surface area contributed by atoms with Gasteiger partial charge in [-0.15, -0.1) is 0 Å². The highest BCUT2D eigenvalue weighted by Crippen LogP contribution is 2.12. The number of nitrogens with one attached hydrogen (secondary N) is 1. The molecule has 0 fully saturated rings. The number of rotatable bonds is 2. The third-order valence-corrected chi connectivity index (χ3v) is 2.69. The summed E-state index contributed by atoms with van der Waals surface area (Å²) in [7, 11) is 0. The second-order valence-electron chi connectivity index (χ2n) is 3.94. The van der Waals surface area contributed by atoms with Crippen LogP contribution in [0.5, 0.6) is 0 Å². The van der Waals surface area contributed by atoms with Crippen LogP contribution in [0.2, 0.25) is 0 Å². The van der Waals surface area contributed by atoms with Crippen LogP contribution in [0.15, 0.2) is 60.9 Å². The molecule has 0 bridgehead atoms. The molecule has 0 aliphatic heterocycles. The number of amides is 1. The molecule has 0 radical (unpaired) electrons. The summed E-state index contributed by atoms with van der Waals surface area (Å²) in [6.07, 6.45) is 3.54. The van der Waals surface area contributed by atoms with E-state index in [9.17, 15) is 4.79 Å². The molecule has 3 rings (SSSR count). The summed E-state index contributed by atoms with van der Waals surface area (Å²) < 4.78 is 1.75. The molecule has 18 heavy (non-hydrogen) atoms. The molecule has 0 atom stereocenters. The summed E-state index contributed by atoms with van der Waals surface area (Å²) in [6.45, 7) is 0. The SMILES string of the molecule is O=C(Nc1ccn2nccc2c1)c1ccccc1. The molecule has 0 saturated heterocycles. The maximum absolute atomic E-state index is 12.0. The van der Waals surface area contributed by atoms with Crippen LogP contribution < -0.4 is 5.32 Å². The van der Waals surface area contributed by atoms with Crippen molar-refractivity contribution in [2.24, 2.45) is 0 Å². The smallest absolute Gasteiger partial charge is 0.255 e. The number of hydrogen-bond acceptors (Lipinski definition) is 2. The van der Waals surface area contributed by atoms with Crippen molar-refractivity contribution in [2.75, 3.05) is 5.32 Å². The van der Waals surface area contributed by atoms with E-state index < -0.39 is 0 Å². The van der Waals surface area contributed by atoms with Gasteiger partial charge >= 0.3 is 0 Å². The van der Waals surface area contributed by atoms with Gasteiger partial charge in [0.15, 0.2) is 0 Å². The zero-order valence-corrected chi connectivity index (χ0v) is 9.58. The van der Waals surface area contributed by atoms with E-state index in [1.54, 1.807) is 22.8 Å². The molecule has 0 aliphatic carbocycles. The first-order chi connectivity index (χ1) is 8.83. The lowest BCUT2D eigenvalue weighted by Gasteiger charge is -2.05. The van der Waals surface area contributed by atoms with Gasteiger partial charge in [-0.25, -0.2) is 4.52 Å². The van der Waals surface area contributed by atoms with Gasteiger partial charge in [-0.1, -0.05) is 18.2 Å². The molecule has 2 heterocycles. The van der Waals surface area contributed by atoms with Crippen molar-refractivity contribution < 1.29 is 4.79 Å². The molecule has 0 aliphatic rings. The number of aromatic nitrogens is 2. The molecule has 1 N–H and O–H groups in total. The quantitative estimate of drug-likeness (QED) is 0.744. The van der Waals surface area contributed by atoms with Crippen LogP contribution >= 0.6 is 0 Å². The number of benzene rings is 1. The van der Waals surface area contributed by atoms with Gasteiger partial charge in [-0.2, -0.15) is 5.10 Å². The molecule has 4 nitrogen and oxygen atoms in total. The van der Waals surface area contributed by atoms with Gasteiger partial charge in [-0.3, -0.25) is 4.79 Å². The van der Waals surface area contributed by atoms with Gasteiger partial charge in [0, 0.05) is 23.6 Å². The molecule has 3 aromatic rings. The van der Waals surface area contributed by atoms with E-state index in [-0.39, 0.29) is 5.91 Å². The molecular formula is C14H11N3O. The summed E-state index contributed by atoms with van der Waals surface area (Å²) in [6, 6.07) is 14.7. The van der Waals surface area contributed by atoms with Gasteiger partial charge in [0.2, 0.25) is 0 Å². The topological polar surface area (TPSA) is 46.4 Å². The molecule has 0 saturated carbocycles. The number of carbonyl (C=O) groups is 1. The Morgan fingerprint density at radius 2 is 1.94 bits per heavy atom. The predicted octanol–water partition coefficient (Wildman–Crippen LogP) is 2.59. The number of hydrogen-bond donors (Lipinski definition) is 1. The summed E-state index contributed by atoms with van der Waals surface area (Å²) in [5.74, 6) is -0.112. The summed E-state index contributed by atoms with van der Waals surface area (Å²) in [5, 5.41) is 6.96. The number of nitrogens with zero attached hydrogens (tertiary/aromatic N) is 2. The Hall–Kier alpha value is -2.62. The Kier molecular flexibility index (Phi) is 2.53. The Labute approximate surface area is 104 Å². The van der Waals surface area contributed by atoms with Crippen molar-refractivity contribution in [3.63, 3.8) is 0 Å². The number of pyridine rings is 1. The van der Waals surface area contributed by atoms with Gasteiger partial charge in [0.05, 0.1) is 5.52 Å². The Morgan fingerprint density at radius 3 is 2.78 bits per heavy atom. The van der Waals surface area contributed by atoms with Crippen LogP contribution in [-0.2, 0) is 0 Å². The molecule has 2 aromatic heterocycles. The highest BCUT2D eigenvalue weighted by atomic mass is 16.1. The standard InChI is InChI=1S/C14H11N3O/c18-14(11-4-2-1-3-5-11)16-12-7-9-17-13(10-12)6-8-15-17/h1-10H,(H,16,18). The lowest BCUT2D eigenvalue weighted by molar-refractivity contribution is 0.102. The highest BCUT2D eigenvalue weighted by Gasteiger charge is 2.05. The monoisotopic (exact) mass is 237 g/mol. The van der Waals surface area contributed by atoms with Gasteiger partial charge in [0.25, 0.3) is 5.91 Å². The first kappa shape index (κ1) is 10.5. The normalized spacial score (nSPS) is 10.4. The van der Waals surface area contributed by atoms with Crippen molar-refractivity contribution in [1.29, 1.82) is 0 Å². The first-order valence-corrected chi connectivity index (χ1v) is 5.63. The Balaban J connectivity index is 1.86. The number of carbonyl (C=O) groups excluding carboxylic acids is 1. The second-order valence-corrected chi connectivity index (χ2v) is 3.94. The van der Waals surface area contributed by atoms with E-state index in [0.717, 1.165) is 11.2 Å². The summed E-state index contributed by atoms with van der Waals surface area (Å²) in [5.41, 5.74) is 2.35. The molecule has 0 spiro atoms. The zero-order valence-electron chi connectivity index (χ0n) is 9.58. The van der Waals surface area contributed by atoms with Crippen LogP contribution in [-0.4, -0.2) is 15.5 Å². The van der Waals surface area contributed by atoms with Crippen LogP contribution in [0.25, 0.3) is 5.52 Å². The minimum absolute atomic E-state index is 0.112. The van der Waals surface area contributed by atoms with E-state index in [4.69, 9.17) is 0 Å². The number of anilines is 1. The van der Waals surface area contributed by atoms with Crippen LogP contribution in [0, 0.1) is 0 Å². The number of fused-ring (bicyclic) bond motifs is 1. The maximum Gasteiger partial charge on any atom is 0.255 e. The van der Waals surface area contributed by atoms with Crippen molar-refractivity contribution in [3.05, 3.63) is 66.5 Å². The van der Waals surface area contributed by atoms with Crippen LogP contribution in [0.3, 0.4) is 0 Å². The van der Waals surface area contributed by atoms with Gasteiger partial charge in [0.1, 0.15) is 0 Å². The minimum atomic E-state index is -0.112. The summed E-state index contributed by atoms with van der Waals surface area (Å²) in [4.78, 5) is 12.0. The van der Waals surface area contributed by atoms with E-state index in [1.165, 1.54) is 0 Å². The van der Waals surface area contributed by atoms with E-state index >= 15 is 0 Å². The van der Waals surface area contributed by atoms with Crippen molar-refractivity contribution in [2.45, 2.75) is 0 Å². The highest BCUT2D eigenvalue weighted by molar-refractivity contribution is 6.04. The van der Waals surface area contributed by atoms with Crippen LogP contribution in [0.4, 0.5) is 5.69 Å². The largest absolute Gasteiger partial charge is 0.322 e. The predicted molar refractivity (Wildman–Crippen MR) is 69.6 cm³/mol. The lowest BCUT2D eigenvalue weighted by atomic mass is 10.2. The molecule has 1 aromatic carbocycles. The fourth-order valence-corrected chi connectivity index (χ4v) is 1.79. The van der Waals surface area contributed by atoms with E-state index in [0.29, 0.717) is 5.56 Å². The maximum atomic E-state index is 12.0. The molecular weight excluding hydrogens is 226 g/mol. The zero-order chi connectivity index (χ0) is 12.4. The Bertz CT molecular complexity index is 688. The van der Waals surface area contributed by atoms with Crippen LogP contribution in [0.1, 0.15) is 10.4 Å². The van der Waals surface area contributed by atoms with Crippen molar-refractivity contribution in [1.82, 2.24) is 9.61 Å². The molecule has 0 unspecified atom stereocenters.